The molecule has 7 heteroatoms. The van der Waals surface area contributed by atoms with Crippen molar-refractivity contribution >= 4 is 23.0 Å². The average molecular weight is 411 g/mol. The Bertz CT molecular complexity index is 900. The molecule has 0 bridgehead atoms. The van der Waals surface area contributed by atoms with Crippen LogP contribution in [0.1, 0.15) is 12.0 Å². The van der Waals surface area contributed by atoms with Gasteiger partial charge in [0.1, 0.15) is 11.5 Å². The summed E-state index contributed by atoms with van der Waals surface area (Å²) in [4.78, 5) is 6.26. The van der Waals surface area contributed by atoms with Crippen molar-refractivity contribution in [2.45, 2.75) is 19.5 Å². The van der Waals surface area contributed by atoms with Crippen molar-refractivity contribution in [3.63, 3.8) is 0 Å². The van der Waals surface area contributed by atoms with Gasteiger partial charge in [0, 0.05) is 49.3 Å². The Balaban J connectivity index is 1.73. The van der Waals surface area contributed by atoms with Crippen molar-refractivity contribution in [1.29, 1.82) is 0 Å². The van der Waals surface area contributed by atoms with Crippen molar-refractivity contribution < 1.29 is 9.47 Å². The standard InChI is InChI=1S/C22H26N4O2S/c1-27-20-10-9-18(21(15-20)28-2)16-26(13-6-12-25-14-11-23-17-25)22(29)24-19-7-4-3-5-8-19/h3-5,7-11,14-15,17H,6,12-13,16H2,1-2H3,(H,24,29). The molecule has 0 aliphatic rings. The van der Waals surface area contributed by atoms with E-state index in [-0.39, 0.29) is 0 Å². The number of thiocarbonyl (C=S) groups is 1. The molecule has 6 nitrogen and oxygen atoms in total. The zero-order valence-corrected chi connectivity index (χ0v) is 17.6. The molecule has 3 rings (SSSR count). The van der Waals surface area contributed by atoms with E-state index in [4.69, 9.17) is 21.7 Å². The quantitative estimate of drug-likeness (QED) is 0.534. The lowest BCUT2D eigenvalue weighted by atomic mass is 10.1. The minimum Gasteiger partial charge on any atom is -0.497 e. The molecular formula is C22H26N4O2S. The van der Waals surface area contributed by atoms with Crippen molar-refractivity contribution in [1.82, 2.24) is 14.5 Å². The molecule has 1 N–H and O–H groups in total. The molecule has 0 saturated carbocycles. The molecule has 0 aliphatic carbocycles. The number of imidazole rings is 1. The molecule has 0 amide bonds. The second-order valence-corrected chi connectivity index (χ2v) is 6.94. The summed E-state index contributed by atoms with van der Waals surface area (Å²) in [5.41, 5.74) is 2.02. The smallest absolute Gasteiger partial charge is 0.173 e. The lowest BCUT2D eigenvalue weighted by molar-refractivity contribution is 0.366. The third-order valence-corrected chi connectivity index (χ3v) is 4.93. The van der Waals surface area contributed by atoms with Crippen LogP contribution in [0.3, 0.4) is 0 Å². The molecule has 0 fully saturated rings. The average Bonchev–Trinajstić information content (AvgIpc) is 3.27. The molecule has 0 spiro atoms. The first-order valence-corrected chi connectivity index (χ1v) is 9.88. The molecule has 0 aliphatic heterocycles. The SMILES string of the molecule is COc1ccc(CN(CCCn2ccnc2)C(=S)Nc2ccccc2)c(OC)c1. The maximum absolute atomic E-state index is 5.73. The van der Waals surface area contributed by atoms with Gasteiger partial charge in [-0.15, -0.1) is 0 Å². The van der Waals surface area contributed by atoms with Crippen molar-refractivity contribution in [3.8, 4) is 11.5 Å². The van der Waals surface area contributed by atoms with Crippen LogP contribution < -0.4 is 14.8 Å². The van der Waals surface area contributed by atoms with Crippen LogP contribution in [-0.4, -0.2) is 40.3 Å². The number of para-hydroxylation sites is 1. The van der Waals surface area contributed by atoms with Gasteiger partial charge in [-0.05, 0) is 42.9 Å². The monoisotopic (exact) mass is 410 g/mol. The highest BCUT2D eigenvalue weighted by Gasteiger charge is 2.14. The van der Waals surface area contributed by atoms with Crippen LogP contribution in [0, 0.1) is 0 Å². The van der Waals surface area contributed by atoms with Gasteiger partial charge in [0.05, 0.1) is 20.5 Å². The van der Waals surface area contributed by atoms with Gasteiger partial charge in [-0.1, -0.05) is 18.2 Å². The third-order valence-electron chi connectivity index (χ3n) is 4.57. The summed E-state index contributed by atoms with van der Waals surface area (Å²) >= 11 is 5.73. The molecule has 1 heterocycles. The molecule has 1 aromatic heterocycles. The van der Waals surface area contributed by atoms with E-state index in [2.05, 4.69) is 19.8 Å². The number of ether oxygens (including phenoxy) is 2. The molecule has 0 radical (unpaired) electrons. The normalized spacial score (nSPS) is 10.4. The molecule has 3 aromatic rings. The molecule has 152 valence electrons. The predicted molar refractivity (Wildman–Crippen MR) is 119 cm³/mol. The first-order chi connectivity index (χ1) is 14.2. The minimum absolute atomic E-state index is 0.635. The van der Waals surface area contributed by atoms with Gasteiger partial charge in [0.25, 0.3) is 0 Å². The van der Waals surface area contributed by atoms with Crippen molar-refractivity contribution in [2.75, 3.05) is 26.1 Å². The Morgan fingerprint density at radius 1 is 1.14 bits per heavy atom. The van der Waals surface area contributed by atoms with E-state index >= 15 is 0 Å². The number of aryl methyl sites for hydroxylation is 1. The Morgan fingerprint density at radius 2 is 1.97 bits per heavy atom. The Labute approximate surface area is 177 Å². The topological polar surface area (TPSA) is 51.5 Å². The van der Waals surface area contributed by atoms with Crippen LogP contribution in [0.25, 0.3) is 0 Å². The molecule has 0 atom stereocenters. The highest BCUT2D eigenvalue weighted by atomic mass is 32.1. The summed E-state index contributed by atoms with van der Waals surface area (Å²) in [7, 11) is 3.32. The lowest BCUT2D eigenvalue weighted by Gasteiger charge is -2.27. The number of nitrogens with one attached hydrogen (secondary N) is 1. The molecule has 2 aromatic carbocycles. The summed E-state index contributed by atoms with van der Waals surface area (Å²) in [6.07, 6.45) is 6.53. The number of benzene rings is 2. The fourth-order valence-corrected chi connectivity index (χ4v) is 3.30. The van der Waals surface area contributed by atoms with Crippen LogP contribution in [0.4, 0.5) is 5.69 Å². The van der Waals surface area contributed by atoms with Gasteiger partial charge in [0.15, 0.2) is 5.11 Å². The first kappa shape index (κ1) is 20.7. The van der Waals surface area contributed by atoms with Crippen LogP contribution in [0.5, 0.6) is 11.5 Å². The Kier molecular flexibility index (Phi) is 7.47. The fraction of sp³-hybridized carbons (Fsp3) is 0.273. The third kappa shape index (κ3) is 5.96. The summed E-state index contributed by atoms with van der Waals surface area (Å²) < 4.78 is 12.9. The molecule has 0 saturated heterocycles. The predicted octanol–water partition coefficient (Wildman–Crippen LogP) is 4.19. The van der Waals surface area contributed by atoms with E-state index in [1.807, 2.05) is 61.1 Å². The van der Waals surface area contributed by atoms with Gasteiger partial charge in [-0.2, -0.15) is 0 Å². The summed E-state index contributed by atoms with van der Waals surface area (Å²) in [5.74, 6) is 1.55. The zero-order chi connectivity index (χ0) is 20.5. The van der Waals surface area contributed by atoms with E-state index in [1.165, 1.54) is 0 Å². The van der Waals surface area contributed by atoms with Gasteiger partial charge in [-0.25, -0.2) is 4.98 Å². The Hall–Kier alpha value is -3.06. The second-order valence-electron chi connectivity index (χ2n) is 6.55. The van der Waals surface area contributed by atoms with E-state index in [0.29, 0.717) is 11.7 Å². The fourth-order valence-electron chi connectivity index (χ4n) is 3.03. The van der Waals surface area contributed by atoms with E-state index in [0.717, 1.165) is 42.3 Å². The van der Waals surface area contributed by atoms with Gasteiger partial charge in [-0.3, -0.25) is 0 Å². The summed E-state index contributed by atoms with van der Waals surface area (Å²) in [6.45, 7) is 2.31. The minimum atomic E-state index is 0.635. The molecule has 0 unspecified atom stereocenters. The van der Waals surface area contributed by atoms with Crippen molar-refractivity contribution in [2.24, 2.45) is 0 Å². The van der Waals surface area contributed by atoms with E-state index in [9.17, 15) is 0 Å². The van der Waals surface area contributed by atoms with Crippen LogP contribution in [0.2, 0.25) is 0 Å². The number of rotatable bonds is 9. The van der Waals surface area contributed by atoms with E-state index in [1.54, 1.807) is 20.4 Å². The van der Waals surface area contributed by atoms with Crippen molar-refractivity contribution in [3.05, 3.63) is 72.8 Å². The lowest BCUT2D eigenvalue weighted by Crippen LogP contribution is -2.35. The Morgan fingerprint density at radius 3 is 2.66 bits per heavy atom. The van der Waals surface area contributed by atoms with Crippen LogP contribution >= 0.6 is 12.2 Å². The highest BCUT2D eigenvalue weighted by molar-refractivity contribution is 7.80. The summed E-state index contributed by atoms with van der Waals surface area (Å²) in [5, 5.41) is 4.02. The maximum Gasteiger partial charge on any atom is 0.173 e. The number of aromatic nitrogens is 2. The highest BCUT2D eigenvalue weighted by Crippen LogP contribution is 2.26. The number of methoxy groups -OCH3 is 2. The van der Waals surface area contributed by atoms with Gasteiger partial charge < -0.3 is 24.3 Å². The van der Waals surface area contributed by atoms with Crippen LogP contribution in [0.15, 0.2) is 67.3 Å². The molecule has 29 heavy (non-hydrogen) atoms. The first-order valence-electron chi connectivity index (χ1n) is 9.47. The van der Waals surface area contributed by atoms with Crippen LogP contribution in [-0.2, 0) is 13.1 Å². The zero-order valence-electron chi connectivity index (χ0n) is 16.7. The maximum atomic E-state index is 5.73. The number of hydrogen-bond acceptors (Lipinski definition) is 4. The van der Waals surface area contributed by atoms with Gasteiger partial charge in [0.2, 0.25) is 0 Å². The summed E-state index contributed by atoms with van der Waals surface area (Å²) in [6, 6.07) is 15.8. The van der Waals surface area contributed by atoms with Gasteiger partial charge >= 0.3 is 0 Å². The van der Waals surface area contributed by atoms with E-state index < -0.39 is 0 Å². The number of nitrogens with zero attached hydrogens (tertiary/aromatic N) is 3. The second kappa shape index (κ2) is 10.5. The number of hydrogen-bond donors (Lipinski definition) is 1. The number of anilines is 1. The molecular weight excluding hydrogens is 384 g/mol. The largest absolute Gasteiger partial charge is 0.497 e.